The van der Waals surface area contributed by atoms with Crippen molar-refractivity contribution < 1.29 is 31.8 Å². The summed E-state index contributed by atoms with van der Waals surface area (Å²) in [6.45, 7) is 8.83. The minimum atomic E-state index is -2.90. The summed E-state index contributed by atoms with van der Waals surface area (Å²) in [5.74, 6) is -4.21. The lowest BCUT2D eigenvalue weighted by Crippen LogP contribution is -2.56. The van der Waals surface area contributed by atoms with E-state index in [1.165, 1.54) is 23.2 Å². The topological polar surface area (TPSA) is 108 Å². The Morgan fingerprint density at radius 3 is 2.61 bits per heavy atom. The minimum absolute atomic E-state index is 0.0157. The number of benzene rings is 2. The number of piperazine rings is 1. The van der Waals surface area contributed by atoms with Gasteiger partial charge in [-0.2, -0.15) is 15.2 Å². The lowest BCUT2D eigenvalue weighted by Gasteiger charge is -2.41. The Morgan fingerprint density at radius 2 is 1.90 bits per heavy atom. The van der Waals surface area contributed by atoms with Gasteiger partial charge < -0.3 is 19.3 Å². The molecule has 15 heteroatoms. The number of fused-ring (bicyclic) bond motifs is 2. The number of anilines is 1. The van der Waals surface area contributed by atoms with Crippen LogP contribution in [0.1, 0.15) is 47.5 Å². The highest BCUT2D eigenvalue weighted by atomic mass is 35.5. The lowest BCUT2D eigenvalue weighted by molar-refractivity contribution is 0.00903. The number of nitrogens with zero attached hydrogens (tertiary/aromatic N) is 7. The van der Waals surface area contributed by atoms with Gasteiger partial charge in [0.1, 0.15) is 35.1 Å². The number of hydrogen-bond donors (Lipinski definition) is 0. The molecule has 4 aromatic rings. The van der Waals surface area contributed by atoms with Gasteiger partial charge in [-0.05, 0) is 46.1 Å². The predicted octanol–water partition coefficient (Wildman–Crippen LogP) is 7.61. The van der Waals surface area contributed by atoms with Gasteiger partial charge >= 0.3 is 12.1 Å². The smallest absolute Gasteiger partial charge is 0.410 e. The third-order valence-corrected chi connectivity index (χ3v) is 9.43. The molecule has 4 heterocycles. The molecule has 2 fully saturated rings. The first-order valence-electron chi connectivity index (χ1n) is 16.7. The van der Waals surface area contributed by atoms with Crippen molar-refractivity contribution in [2.45, 2.75) is 77.1 Å². The summed E-state index contributed by atoms with van der Waals surface area (Å²) >= 11 is 6.38. The Kier molecular flexibility index (Phi) is 9.91. The van der Waals surface area contributed by atoms with Crippen LogP contribution in [0.2, 0.25) is 5.02 Å². The van der Waals surface area contributed by atoms with Crippen LogP contribution in [-0.2, 0) is 4.74 Å². The predicted molar refractivity (Wildman–Crippen MR) is 185 cm³/mol. The van der Waals surface area contributed by atoms with Crippen LogP contribution in [0.25, 0.3) is 32.9 Å². The van der Waals surface area contributed by atoms with Crippen molar-refractivity contribution in [2.24, 2.45) is 0 Å². The molecule has 0 saturated carbocycles. The summed E-state index contributed by atoms with van der Waals surface area (Å²) in [5.41, 5.74) is -0.835. The second-order valence-electron chi connectivity index (χ2n) is 14.2. The van der Waals surface area contributed by atoms with Crippen molar-refractivity contribution in [3.8, 4) is 23.3 Å². The lowest BCUT2D eigenvalue weighted by atomic mass is 10.0. The highest BCUT2D eigenvalue weighted by molar-refractivity contribution is 6.36. The van der Waals surface area contributed by atoms with Gasteiger partial charge in [-0.3, -0.25) is 9.88 Å². The van der Waals surface area contributed by atoms with Gasteiger partial charge in [0.05, 0.1) is 41.5 Å². The number of ether oxygens (including phenoxy) is 2. The quantitative estimate of drug-likeness (QED) is 0.178. The number of carbonyl (C=O) groups is 1. The number of hydrogen-bond acceptors (Lipinski definition) is 9. The zero-order valence-corrected chi connectivity index (χ0v) is 29.6. The molecule has 6 rings (SSSR count). The fraction of sp³-hybridized carbons (Fsp3) is 0.472. The summed E-state index contributed by atoms with van der Waals surface area (Å²) in [7, 11) is 0. The molecule has 51 heavy (non-hydrogen) atoms. The second kappa shape index (κ2) is 13.9. The maximum atomic E-state index is 16.8. The molecule has 2 saturated heterocycles. The van der Waals surface area contributed by atoms with Crippen molar-refractivity contribution >= 4 is 45.2 Å². The highest BCUT2D eigenvalue weighted by Crippen LogP contribution is 2.39. The molecule has 1 amide bonds. The van der Waals surface area contributed by atoms with Crippen molar-refractivity contribution in [2.75, 3.05) is 37.7 Å². The summed E-state index contributed by atoms with van der Waals surface area (Å²) in [4.78, 5) is 31.5. The van der Waals surface area contributed by atoms with E-state index in [2.05, 4.69) is 21.0 Å². The van der Waals surface area contributed by atoms with Crippen LogP contribution >= 0.6 is 11.6 Å². The van der Waals surface area contributed by atoms with Gasteiger partial charge in [0.15, 0.2) is 5.82 Å². The highest BCUT2D eigenvalue weighted by Gasteiger charge is 2.46. The molecular formula is C36H38ClF4N7O3. The van der Waals surface area contributed by atoms with Crippen molar-refractivity contribution in [3.63, 3.8) is 0 Å². The molecule has 0 aliphatic carbocycles. The minimum Gasteiger partial charge on any atom is -0.462 e. The van der Waals surface area contributed by atoms with Gasteiger partial charge in [-0.25, -0.2) is 22.4 Å². The first-order valence-corrected chi connectivity index (χ1v) is 17.1. The van der Waals surface area contributed by atoms with Gasteiger partial charge in [0.25, 0.3) is 5.92 Å². The largest absolute Gasteiger partial charge is 0.462 e. The van der Waals surface area contributed by atoms with E-state index in [0.717, 1.165) is 0 Å². The zero-order chi connectivity index (χ0) is 36.8. The molecule has 270 valence electrons. The number of pyridine rings is 1. The summed E-state index contributed by atoms with van der Waals surface area (Å²) in [6.07, 6.45) is 0.397. The molecule has 0 bridgehead atoms. The molecule has 0 radical (unpaired) electrons. The third kappa shape index (κ3) is 7.46. The van der Waals surface area contributed by atoms with E-state index in [0.29, 0.717) is 5.39 Å². The molecule has 2 aromatic carbocycles. The van der Waals surface area contributed by atoms with Crippen molar-refractivity contribution in [3.05, 3.63) is 53.2 Å². The molecule has 10 nitrogen and oxygen atoms in total. The van der Waals surface area contributed by atoms with Gasteiger partial charge in [0.2, 0.25) is 0 Å². The molecule has 0 unspecified atom stereocenters. The van der Waals surface area contributed by atoms with Gasteiger partial charge in [-0.1, -0.05) is 35.9 Å². The van der Waals surface area contributed by atoms with Gasteiger partial charge in [-0.15, -0.1) is 0 Å². The number of carbonyl (C=O) groups excluding carboxylic acids is 1. The summed E-state index contributed by atoms with van der Waals surface area (Å²) < 4.78 is 71.9. The molecule has 2 atom stereocenters. The number of alkyl halides is 2. The Balaban J connectivity index is 1.44. The Morgan fingerprint density at radius 1 is 1.14 bits per heavy atom. The van der Waals surface area contributed by atoms with E-state index >= 15 is 4.39 Å². The van der Waals surface area contributed by atoms with Crippen LogP contribution in [0.5, 0.6) is 6.01 Å². The Bertz CT molecular complexity index is 2020. The van der Waals surface area contributed by atoms with E-state index in [1.54, 1.807) is 48.8 Å². The van der Waals surface area contributed by atoms with Crippen LogP contribution in [0.15, 0.2) is 36.5 Å². The van der Waals surface area contributed by atoms with Crippen LogP contribution in [0.3, 0.4) is 0 Å². The standard InChI is InChI=1S/C36H38ClF4N7O3/c1-20(2)48-19-36(40,41)15-23(48)18-50-33-44-31-25(16-43-30(29(31)39)24-8-6-7-21-9-10-26(38)28(37)27(21)24)32(45-33)46-13-14-47(22(17-46)11-12-42)34(49)51-35(3,4)5/h6-10,16,20,22-23H,11,13-15,17-19H2,1-5H3/t22-,23-/m0/s1. The van der Waals surface area contributed by atoms with E-state index in [1.807, 2.05) is 13.8 Å². The first-order chi connectivity index (χ1) is 24.1. The Hall–Kier alpha value is -4.48. The fourth-order valence-electron chi connectivity index (χ4n) is 6.76. The van der Waals surface area contributed by atoms with E-state index in [-0.39, 0.29) is 83.1 Å². The molecule has 0 N–H and O–H groups in total. The van der Waals surface area contributed by atoms with E-state index in [9.17, 15) is 23.2 Å². The maximum absolute atomic E-state index is 16.8. The second-order valence-corrected chi connectivity index (χ2v) is 14.6. The average molecular weight is 728 g/mol. The van der Waals surface area contributed by atoms with Crippen molar-refractivity contribution in [1.29, 1.82) is 5.26 Å². The monoisotopic (exact) mass is 727 g/mol. The molecular weight excluding hydrogens is 690 g/mol. The fourth-order valence-corrected chi connectivity index (χ4v) is 7.04. The number of aromatic nitrogens is 3. The summed E-state index contributed by atoms with van der Waals surface area (Å²) in [5, 5.41) is 10.5. The first kappa shape index (κ1) is 36.3. The molecule has 0 spiro atoms. The third-order valence-electron chi connectivity index (χ3n) is 9.06. The van der Waals surface area contributed by atoms with E-state index < -0.39 is 54.3 Å². The van der Waals surface area contributed by atoms with Crippen LogP contribution in [0, 0.1) is 23.0 Å². The molecule has 2 aromatic heterocycles. The maximum Gasteiger partial charge on any atom is 0.410 e. The number of halogens is 5. The van der Waals surface area contributed by atoms with Crippen molar-refractivity contribution in [1.82, 2.24) is 24.8 Å². The number of likely N-dealkylation sites (tertiary alicyclic amines) is 1. The molecule has 2 aliphatic rings. The molecule has 2 aliphatic heterocycles. The SMILES string of the molecule is CC(C)N1CC(F)(F)C[C@H]1COc1nc(N2CCN(C(=O)OC(C)(C)C)[C@@H](CC#N)C2)c2cnc(-c3cccc4ccc(F)c(Cl)c34)c(F)c2n1. The average Bonchev–Trinajstić information content (AvgIpc) is 3.39. The van der Waals surface area contributed by atoms with Crippen LogP contribution in [-0.4, -0.2) is 93.3 Å². The normalized spacial score (nSPS) is 19.6. The zero-order valence-electron chi connectivity index (χ0n) is 28.9. The Labute approximate surface area is 297 Å². The van der Waals surface area contributed by atoms with Crippen LogP contribution in [0.4, 0.5) is 28.2 Å². The summed E-state index contributed by atoms with van der Waals surface area (Å²) in [6, 6.07) is 8.18. The number of nitriles is 1. The van der Waals surface area contributed by atoms with Gasteiger partial charge in [0, 0.05) is 49.2 Å². The number of amides is 1. The van der Waals surface area contributed by atoms with E-state index in [4.69, 9.17) is 21.1 Å². The number of rotatable bonds is 7. The van der Waals surface area contributed by atoms with Crippen LogP contribution < -0.4 is 9.64 Å².